The predicted octanol–water partition coefficient (Wildman–Crippen LogP) is -2.74. The van der Waals surface area contributed by atoms with Gasteiger partial charge in [-0.2, -0.15) is 0 Å². The zero-order valence-electron chi connectivity index (χ0n) is 4.29. The maximum absolute atomic E-state index is 9.96. The van der Waals surface area contributed by atoms with E-state index < -0.39 is 5.91 Å². The van der Waals surface area contributed by atoms with Crippen LogP contribution < -0.4 is 16.9 Å². The fraction of sp³-hybridized carbons (Fsp3) is 0.333. The molecule has 0 aromatic heterocycles. The van der Waals surface area contributed by atoms with Gasteiger partial charge in [0.15, 0.2) is 5.91 Å². The number of nitrogens with two attached hydrogens (primary N) is 3. The zero-order valence-corrected chi connectivity index (χ0v) is 4.29. The maximum Gasteiger partial charge on any atom is 0.194 e. The van der Waals surface area contributed by atoms with Crippen LogP contribution >= 0.6 is 0 Å². The fourth-order valence-electron chi connectivity index (χ4n) is 0.247. The van der Waals surface area contributed by atoms with E-state index in [1.807, 2.05) is 0 Å². The molecule has 8 heavy (non-hydrogen) atoms. The van der Waals surface area contributed by atoms with E-state index in [-0.39, 0.29) is 12.6 Å². The molecule has 5 heteroatoms. The highest BCUT2D eigenvalue weighted by molar-refractivity contribution is 5.75. The van der Waals surface area contributed by atoms with Crippen molar-refractivity contribution in [3.8, 4) is 0 Å². The zero-order chi connectivity index (χ0) is 6.57. The average Bonchev–Trinajstić information content (AvgIpc) is 1.65. The van der Waals surface area contributed by atoms with Gasteiger partial charge in [-0.25, -0.2) is 5.21 Å². The van der Waals surface area contributed by atoms with Gasteiger partial charge in [-0.15, -0.1) is 0 Å². The Balaban J connectivity index is 3.24. The Kier molecular flexibility index (Phi) is 3.09. The van der Waals surface area contributed by atoms with Crippen LogP contribution in [0.4, 0.5) is 0 Å². The minimum atomic E-state index is -0.548. The van der Waals surface area contributed by atoms with Gasteiger partial charge in [0.05, 0.1) is 0 Å². The van der Waals surface area contributed by atoms with E-state index in [0.717, 1.165) is 0 Å². The molecule has 0 aliphatic rings. The third-order valence-corrected chi connectivity index (χ3v) is 0.544. The largest absolute Gasteiger partial charge is 0.426 e. The predicted molar refractivity (Wildman–Crippen MR) is 25.0 cm³/mol. The number of carbonyl (C=O) groups excluding carboxylic acids is 1. The summed E-state index contributed by atoms with van der Waals surface area (Å²) in [5, 5.41) is 8.09. The fourth-order valence-corrected chi connectivity index (χ4v) is 0.247. The van der Waals surface area contributed by atoms with Gasteiger partial charge in [0, 0.05) is 0 Å². The summed E-state index contributed by atoms with van der Waals surface area (Å²) in [6, 6.07) is 0. The van der Waals surface area contributed by atoms with Gasteiger partial charge in [-0.3, -0.25) is 4.79 Å². The van der Waals surface area contributed by atoms with Gasteiger partial charge in [-0.1, -0.05) is 0 Å². The van der Waals surface area contributed by atoms with Gasteiger partial charge in [-0.05, 0) is 12.6 Å². The van der Waals surface area contributed by atoms with E-state index in [0.29, 0.717) is 5.48 Å². The first-order valence-corrected chi connectivity index (χ1v) is 2.04. The third kappa shape index (κ3) is 3.54. The third-order valence-electron chi connectivity index (χ3n) is 0.544. The van der Waals surface area contributed by atoms with E-state index in [4.69, 9.17) is 16.7 Å². The van der Waals surface area contributed by atoms with Gasteiger partial charge in [0.2, 0.25) is 0 Å². The summed E-state index contributed by atoms with van der Waals surface area (Å²) in [4.78, 5) is 9.96. The lowest BCUT2D eigenvalue weighted by Gasteiger charge is -2.12. The highest BCUT2D eigenvalue weighted by Crippen LogP contribution is 1.79. The topological polar surface area (TPSA) is 106 Å². The van der Waals surface area contributed by atoms with Crippen molar-refractivity contribution in [2.45, 2.75) is 6.42 Å². The van der Waals surface area contributed by atoms with E-state index in [1.165, 1.54) is 0 Å². The molecule has 7 N–H and O–H groups in total. The Morgan fingerprint density at radius 2 is 2.38 bits per heavy atom. The number of quaternary nitrogens is 1. The van der Waals surface area contributed by atoms with Crippen LogP contribution in [0.5, 0.6) is 0 Å². The number of amides is 1. The van der Waals surface area contributed by atoms with Crippen molar-refractivity contribution >= 4 is 5.91 Å². The molecule has 0 aliphatic heterocycles. The first kappa shape index (κ1) is 7.35. The van der Waals surface area contributed by atoms with Crippen LogP contribution in [0.3, 0.4) is 0 Å². The van der Waals surface area contributed by atoms with E-state index in [1.54, 1.807) is 0 Å². The van der Waals surface area contributed by atoms with Gasteiger partial charge >= 0.3 is 0 Å². The average molecular weight is 119 g/mol. The quantitative estimate of drug-likeness (QED) is 0.239. The van der Waals surface area contributed by atoms with Crippen LogP contribution in [0, 0.1) is 6.17 Å². The van der Waals surface area contributed by atoms with Crippen LogP contribution in [0.15, 0.2) is 0 Å². The first-order chi connectivity index (χ1) is 3.66. The molecule has 0 spiro atoms. The number of hydrogen-bond acceptors (Lipinski definition) is 3. The summed E-state index contributed by atoms with van der Waals surface area (Å²) >= 11 is 0. The van der Waals surface area contributed by atoms with Gasteiger partial charge < -0.3 is 16.9 Å². The highest BCUT2D eigenvalue weighted by Gasteiger charge is 1.93. The molecule has 0 saturated heterocycles. The van der Waals surface area contributed by atoms with Crippen molar-refractivity contribution in [3.63, 3.8) is 0 Å². The molecule has 1 amide bonds. The standard InChI is InChI=1S/C3H9N3O2/c4-2(6-8)1-3(5)7/h8H,1,4,6H2,(H2,5,7). The van der Waals surface area contributed by atoms with Crippen molar-refractivity contribution in [1.82, 2.24) is 0 Å². The van der Waals surface area contributed by atoms with Crippen LogP contribution in [-0.2, 0) is 4.79 Å². The van der Waals surface area contributed by atoms with Gasteiger partial charge in [0.25, 0.3) is 0 Å². The van der Waals surface area contributed by atoms with Crippen molar-refractivity contribution in [3.05, 3.63) is 6.17 Å². The lowest BCUT2D eigenvalue weighted by atomic mass is 10.3. The molecule has 0 aromatic rings. The normalized spacial score (nSPS) is 9.88. The van der Waals surface area contributed by atoms with Crippen LogP contribution in [0.1, 0.15) is 6.42 Å². The minimum Gasteiger partial charge on any atom is -0.426 e. The SMILES string of the molecule is NC(=O)C[C-](N)[NH2+]O. The summed E-state index contributed by atoms with van der Waals surface area (Å²) in [7, 11) is 0. The molecule has 0 aliphatic carbocycles. The lowest BCUT2D eigenvalue weighted by molar-refractivity contribution is -0.875. The van der Waals surface area contributed by atoms with E-state index >= 15 is 0 Å². The molecule has 5 nitrogen and oxygen atoms in total. The second kappa shape index (κ2) is 3.36. The number of rotatable bonds is 3. The molecule has 0 fully saturated rings. The number of hydrogen-bond donors (Lipinski definition) is 4. The molecule has 0 radical (unpaired) electrons. The van der Waals surface area contributed by atoms with Crippen LogP contribution in [-0.4, -0.2) is 11.1 Å². The molecule has 0 heterocycles. The first-order valence-electron chi connectivity index (χ1n) is 2.04. The smallest absolute Gasteiger partial charge is 0.194 e. The summed E-state index contributed by atoms with van der Waals surface area (Å²) in [5.41, 5.74) is 10.3. The second-order valence-corrected chi connectivity index (χ2v) is 1.35. The summed E-state index contributed by atoms with van der Waals surface area (Å²) < 4.78 is 0. The van der Waals surface area contributed by atoms with Crippen molar-refractivity contribution in [2.75, 3.05) is 0 Å². The molecule has 0 bridgehead atoms. The number of carbonyl (C=O) groups is 1. The molecule has 0 atom stereocenters. The molecule has 48 valence electrons. The van der Waals surface area contributed by atoms with E-state index in [9.17, 15) is 4.79 Å². The summed E-state index contributed by atoms with van der Waals surface area (Å²) in [6.07, 6.45) is -0.00579. The van der Waals surface area contributed by atoms with Crippen molar-refractivity contribution < 1.29 is 15.5 Å². The molecule has 0 rings (SSSR count). The molecular formula is C3H9N3O2. The Hall–Kier alpha value is -0.650. The van der Waals surface area contributed by atoms with Crippen LogP contribution in [0.25, 0.3) is 0 Å². The molecule has 0 saturated carbocycles. The Bertz CT molecular complexity index is 84.6. The van der Waals surface area contributed by atoms with Crippen LogP contribution in [0.2, 0.25) is 0 Å². The number of primary amides is 1. The minimum absolute atomic E-state index is 0.0810. The Morgan fingerprint density at radius 1 is 1.88 bits per heavy atom. The monoisotopic (exact) mass is 119 g/mol. The molecular weight excluding hydrogens is 110 g/mol. The van der Waals surface area contributed by atoms with Crippen molar-refractivity contribution in [1.29, 1.82) is 0 Å². The highest BCUT2D eigenvalue weighted by atomic mass is 16.5. The van der Waals surface area contributed by atoms with E-state index in [2.05, 4.69) is 0 Å². The maximum atomic E-state index is 9.96. The summed E-state index contributed by atoms with van der Waals surface area (Å²) in [5.74, 6) is -0.548. The molecule has 0 aromatic carbocycles. The lowest BCUT2D eigenvalue weighted by Crippen LogP contribution is -2.85. The second-order valence-electron chi connectivity index (χ2n) is 1.35. The molecule has 0 unspecified atom stereocenters. The number of hydroxylamine groups is 1. The van der Waals surface area contributed by atoms with Crippen molar-refractivity contribution in [2.24, 2.45) is 11.5 Å². The summed E-state index contributed by atoms with van der Waals surface area (Å²) in [6.45, 7) is 0. The Labute approximate surface area is 46.6 Å². The van der Waals surface area contributed by atoms with Gasteiger partial charge in [0.1, 0.15) is 0 Å². The Morgan fingerprint density at radius 3 is 2.50 bits per heavy atom.